The summed E-state index contributed by atoms with van der Waals surface area (Å²) in [6, 6.07) is 27.7. The normalized spacial score (nSPS) is 17.6. The number of fused-ring (bicyclic) bond motifs is 1. The summed E-state index contributed by atoms with van der Waals surface area (Å²) in [4.78, 5) is 27.7. The van der Waals surface area contributed by atoms with Crippen LogP contribution in [0, 0.1) is 13.8 Å². The minimum Gasteiger partial charge on any atom is -0.306 e. The molecule has 4 aromatic rings. The molecule has 1 N–H and O–H groups in total. The third-order valence-electron chi connectivity index (χ3n) is 6.89. The van der Waals surface area contributed by atoms with Crippen LogP contribution in [0.1, 0.15) is 32.6 Å². The molecular formula is C31H27ClN2O4S. The molecule has 39 heavy (non-hydrogen) atoms. The van der Waals surface area contributed by atoms with E-state index in [9.17, 15) is 18.0 Å². The summed E-state index contributed by atoms with van der Waals surface area (Å²) in [6.07, 6.45) is 0. The second-order valence-electron chi connectivity index (χ2n) is 9.71. The van der Waals surface area contributed by atoms with Gasteiger partial charge in [-0.15, -0.1) is 11.6 Å². The molecule has 0 aromatic heterocycles. The number of Topliss-reactive ketones (excluding diaryl/α,β-unsaturated/α-hetero) is 1. The molecule has 2 atom stereocenters. The highest BCUT2D eigenvalue weighted by atomic mass is 35.5. The summed E-state index contributed by atoms with van der Waals surface area (Å²) < 4.78 is 29.7. The van der Waals surface area contributed by atoms with Crippen molar-refractivity contribution in [3.05, 3.63) is 131 Å². The van der Waals surface area contributed by atoms with Crippen LogP contribution in [0.2, 0.25) is 0 Å². The van der Waals surface area contributed by atoms with Crippen LogP contribution < -0.4 is 9.62 Å². The topological polar surface area (TPSA) is 83.5 Å². The van der Waals surface area contributed by atoms with Crippen molar-refractivity contribution in [1.29, 1.82) is 0 Å². The molecule has 1 heterocycles. The number of carbonyl (C=O) groups is 2. The van der Waals surface area contributed by atoms with E-state index >= 15 is 0 Å². The summed E-state index contributed by atoms with van der Waals surface area (Å²) in [6.45, 7) is 3.88. The number of aryl methyl sites for hydroxylation is 2. The van der Waals surface area contributed by atoms with Crippen molar-refractivity contribution in [2.75, 3.05) is 4.90 Å². The average molecular weight is 559 g/mol. The number of nitrogens with one attached hydrogen (secondary N) is 1. The molecule has 0 saturated heterocycles. The van der Waals surface area contributed by atoms with Crippen molar-refractivity contribution < 1.29 is 18.0 Å². The lowest BCUT2D eigenvalue weighted by atomic mass is 9.87. The Balaban J connectivity index is 1.64. The van der Waals surface area contributed by atoms with Crippen molar-refractivity contribution >= 4 is 39.0 Å². The molecule has 5 rings (SSSR count). The summed E-state index contributed by atoms with van der Waals surface area (Å²) in [5.41, 5.74) is 3.70. The zero-order valence-electron chi connectivity index (χ0n) is 21.5. The fourth-order valence-electron chi connectivity index (χ4n) is 4.86. The summed E-state index contributed by atoms with van der Waals surface area (Å²) in [7, 11) is -4.24. The lowest BCUT2D eigenvalue weighted by molar-refractivity contribution is -0.121. The lowest BCUT2D eigenvalue weighted by Gasteiger charge is -2.31. The Morgan fingerprint density at radius 1 is 0.872 bits per heavy atom. The molecule has 0 saturated carbocycles. The van der Waals surface area contributed by atoms with Crippen molar-refractivity contribution in [3.8, 4) is 0 Å². The van der Waals surface area contributed by atoms with E-state index in [4.69, 9.17) is 11.6 Å². The van der Waals surface area contributed by atoms with Crippen molar-refractivity contribution in [2.45, 2.75) is 36.2 Å². The van der Waals surface area contributed by atoms with E-state index < -0.39 is 32.6 Å². The molecule has 0 spiro atoms. The highest BCUT2D eigenvalue weighted by Crippen LogP contribution is 2.48. The Morgan fingerprint density at radius 2 is 1.54 bits per heavy atom. The number of hydrogen-bond acceptors (Lipinski definition) is 4. The highest BCUT2D eigenvalue weighted by Gasteiger charge is 2.58. The first-order valence-corrected chi connectivity index (χ1v) is 14.3. The van der Waals surface area contributed by atoms with Crippen LogP contribution in [0.15, 0.2) is 108 Å². The Hall–Kier alpha value is -3.78. The zero-order valence-corrected chi connectivity index (χ0v) is 23.0. The molecule has 4 aromatic carbocycles. The highest BCUT2D eigenvalue weighted by molar-refractivity contribution is 7.89. The minimum absolute atomic E-state index is 0.0321. The number of alkyl halides is 1. The number of rotatable bonds is 8. The van der Waals surface area contributed by atoms with Crippen LogP contribution in [-0.4, -0.2) is 26.2 Å². The number of hydrogen-bond donors (Lipinski definition) is 1. The number of nitrogens with zero attached hydrogens (tertiary/aromatic N) is 1. The summed E-state index contributed by atoms with van der Waals surface area (Å²) >= 11 is 7.24. The first-order valence-electron chi connectivity index (χ1n) is 12.5. The maximum atomic E-state index is 14.2. The quantitative estimate of drug-likeness (QED) is 0.228. The van der Waals surface area contributed by atoms with Gasteiger partial charge in [0.05, 0.1) is 11.4 Å². The van der Waals surface area contributed by atoms with Crippen LogP contribution in [-0.2, 0) is 26.2 Å². The number of ketones is 1. The molecule has 1 aliphatic heterocycles. The van der Waals surface area contributed by atoms with Gasteiger partial charge in [-0.1, -0.05) is 90.0 Å². The van der Waals surface area contributed by atoms with Gasteiger partial charge in [-0.3, -0.25) is 9.59 Å². The minimum atomic E-state index is -4.24. The predicted molar refractivity (Wildman–Crippen MR) is 152 cm³/mol. The van der Waals surface area contributed by atoms with E-state index in [0.29, 0.717) is 11.3 Å². The van der Waals surface area contributed by atoms with Gasteiger partial charge in [0.15, 0.2) is 10.7 Å². The molecular weight excluding hydrogens is 532 g/mol. The van der Waals surface area contributed by atoms with Gasteiger partial charge < -0.3 is 4.90 Å². The standard InChI is InChI=1S/C31H27ClN2O4S/c1-21-15-17-25(18-16-21)39(37,38)33-29(28(35)24-12-8-9-22(2)19-24)31(32)26-13-6-7-14-27(26)34(30(31)36)20-23-10-4-3-5-11-23/h3-19,29,33H,20H2,1-2H3/t29?,31-/m1/s1. The van der Waals surface area contributed by atoms with E-state index in [-0.39, 0.29) is 17.0 Å². The Kier molecular flexibility index (Phi) is 7.16. The molecule has 6 nitrogen and oxygen atoms in total. The van der Waals surface area contributed by atoms with Gasteiger partial charge in [0.1, 0.15) is 6.04 Å². The molecule has 0 fully saturated rings. The van der Waals surface area contributed by atoms with Crippen LogP contribution >= 0.6 is 11.6 Å². The molecule has 1 aliphatic rings. The Bertz CT molecular complexity index is 1660. The van der Waals surface area contributed by atoms with Gasteiger partial charge in [-0.2, -0.15) is 4.72 Å². The third-order valence-corrected chi connectivity index (χ3v) is 8.92. The number of amides is 1. The largest absolute Gasteiger partial charge is 0.306 e. The Labute approximate surface area is 233 Å². The molecule has 0 bridgehead atoms. The molecule has 1 amide bonds. The number of sulfonamides is 1. The van der Waals surface area contributed by atoms with Gasteiger partial charge in [-0.05, 0) is 43.7 Å². The van der Waals surface area contributed by atoms with E-state index in [2.05, 4.69) is 4.72 Å². The van der Waals surface area contributed by atoms with Crippen LogP contribution in [0.5, 0.6) is 0 Å². The number of anilines is 1. The number of carbonyl (C=O) groups excluding carboxylic acids is 2. The molecule has 0 radical (unpaired) electrons. The van der Waals surface area contributed by atoms with Gasteiger partial charge in [-0.25, -0.2) is 8.42 Å². The van der Waals surface area contributed by atoms with Crippen LogP contribution in [0.3, 0.4) is 0 Å². The van der Waals surface area contributed by atoms with Crippen LogP contribution in [0.4, 0.5) is 5.69 Å². The fourth-order valence-corrected chi connectivity index (χ4v) is 6.57. The smallest absolute Gasteiger partial charge is 0.255 e. The van der Waals surface area contributed by atoms with Crippen molar-refractivity contribution in [3.63, 3.8) is 0 Å². The van der Waals surface area contributed by atoms with E-state index in [1.54, 1.807) is 54.6 Å². The first-order chi connectivity index (χ1) is 18.6. The SMILES string of the molecule is Cc1ccc(S(=O)(=O)NC(C(=O)c2cccc(C)c2)[C@@]2(Cl)C(=O)N(Cc3ccccc3)c3ccccc32)cc1. The van der Waals surface area contributed by atoms with E-state index in [0.717, 1.165) is 16.7 Å². The van der Waals surface area contributed by atoms with Crippen molar-refractivity contribution in [1.82, 2.24) is 4.72 Å². The predicted octanol–water partition coefficient (Wildman–Crippen LogP) is 5.51. The van der Waals surface area contributed by atoms with E-state index in [1.165, 1.54) is 17.0 Å². The van der Waals surface area contributed by atoms with Crippen LogP contribution in [0.25, 0.3) is 0 Å². The van der Waals surface area contributed by atoms with Gasteiger partial charge in [0, 0.05) is 16.8 Å². The van der Waals surface area contributed by atoms with Crippen molar-refractivity contribution in [2.24, 2.45) is 0 Å². The maximum Gasteiger partial charge on any atom is 0.255 e. The van der Waals surface area contributed by atoms with Gasteiger partial charge >= 0.3 is 0 Å². The maximum absolute atomic E-state index is 14.2. The monoisotopic (exact) mass is 558 g/mol. The first kappa shape index (κ1) is 26.8. The average Bonchev–Trinajstić information content (AvgIpc) is 3.15. The third kappa shape index (κ3) is 5.01. The lowest BCUT2D eigenvalue weighted by Crippen LogP contribution is -2.56. The second-order valence-corrected chi connectivity index (χ2v) is 12.0. The molecule has 198 valence electrons. The zero-order chi connectivity index (χ0) is 27.8. The van der Waals surface area contributed by atoms with Gasteiger partial charge in [0.25, 0.3) is 5.91 Å². The fraction of sp³-hybridized carbons (Fsp3) is 0.161. The number of benzene rings is 4. The Morgan fingerprint density at radius 3 is 2.23 bits per heavy atom. The van der Waals surface area contributed by atoms with Gasteiger partial charge in [0.2, 0.25) is 10.0 Å². The second kappa shape index (κ2) is 10.4. The summed E-state index contributed by atoms with van der Waals surface area (Å²) in [5, 5.41) is 0. The number of para-hydroxylation sites is 1. The summed E-state index contributed by atoms with van der Waals surface area (Å²) in [5.74, 6) is -1.18. The molecule has 8 heteroatoms. The number of halogens is 1. The molecule has 0 aliphatic carbocycles. The van der Waals surface area contributed by atoms with E-state index in [1.807, 2.05) is 50.2 Å². The molecule has 1 unspecified atom stereocenters.